The van der Waals surface area contributed by atoms with E-state index in [1.54, 1.807) is 193 Å². The highest BCUT2D eigenvalue weighted by Gasteiger charge is 2.59. The number of fused-ring (bicyclic) bond motifs is 8. The van der Waals surface area contributed by atoms with Crippen LogP contribution in [-0.2, 0) is 0 Å². The van der Waals surface area contributed by atoms with Crippen molar-refractivity contribution in [2.75, 3.05) is 0 Å². The van der Waals surface area contributed by atoms with Crippen molar-refractivity contribution in [3.05, 3.63) is 0 Å². The first-order valence-corrected chi connectivity index (χ1v) is 25.3. The van der Waals surface area contributed by atoms with Crippen molar-refractivity contribution >= 4 is 0 Å². The van der Waals surface area contributed by atoms with E-state index in [2.05, 4.69) is 6.92 Å². The van der Waals surface area contributed by atoms with Gasteiger partial charge in [-0.1, -0.05) is 103 Å². The molecule has 0 amide bonds. The van der Waals surface area contributed by atoms with Crippen LogP contribution in [0.2, 0.25) is 0 Å². The van der Waals surface area contributed by atoms with Gasteiger partial charge in [0, 0.05) is 0 Å². The lowest BCUT2D eigenvalue weighted by atomic mass is 9.41. The topological polar surface area (TPSA) is 0 Å². The Balaban J connectivity index is 0.914. The minimum absolute atomic E-state index is 1.07. The van der Waals surface area contributed by atoms with Crippen molar-refractivity contribution in [3.8, 4) is 0 Å². The highest BCUT2D eigenvalue weighted by atomic mass is 14.6. The predicted molar refractivity (Wildman–Crippen MR) is 215 cm³/mol. The zero-order chi connectivity index (χ0) is 33.9. The molecular formula is C51H84. The molecule has 10 rings (SSSR count). The van der Waals surface area contributed by atoms with Crippen molar-refractivity contribution in [1.29, 1.82) is 0 Å². The van der Waals surface area contributed by atoms with E-state index in [1.807, 2.05) is 0 Å². The van der Waals surface area contributed by atoms with E-state index in [9.17, 15) is 0 Å². The highest BCUT2D eigenvalue weighted by Crippen LogP contribution is 2.67. The van der Waals surface area contributed by atoms with Gasteiger partial charge in [0.05, 0.1) is 0 Å². The lowest BCUT2D eigenvalue weighted by Crippen LogP contribution is -2.57. The van der Waals surface area contributed by atoms with Crippen molar-refractivity contribution in [1.82, 2.24) is 0 Å². The average Bonchev–Trinajstić information content (AvgIpc) is 3.19. The van der Waals surface area contributed by atoms with Crippen LogP contribution in [-0.4, -0.2) is 0 Å². The van der Waals surface area contributed by atoms with Crippen LogP contribution in [0.3, 0.4) is 0 Å². The highest BCUT2D eigenvalue weighted by molar-refractivity contribution is 5.08. The first kappa shape index (κ1) is 35.4. The zero-order valence-corrected chi connectivity index (χ0v) is 33.9. The van der Waals surface area contributed by atoms with Crippen LogP contribution in [0, 0.1) is 112 Å². The second-order valence-electron chi connectivity index (χ2n) is 22.7. The van der Waals surface area contributed by atoms with E-state index < -0.39 is 0 Å². The van der Waals surface area contributed by atoms with Gasteiger partial charge in [0.1, 0.15) is 0 Å². The molecule has 10 saturated carbocycles. The molecule has 0 nitrogen and oxygen atoms in total. The van der Waals surface area contributed by atoms with E-state index in [1.165, 1.54) is 6.42 Å². The van der Waals surface area contributed by atoms with Gasteiger partial charge in [0.15, 0.2) is 0 Å². The predicted octanol–water partition coefficient (Wildman–Crippen LogP) is 14.9. The molecule has 288 valence electrons. The Bertz CT molecular complexity index is 1130. The summed E-state index contributed by atoms with van der Waals surface area (Å²) < 4.78 is 0. The average molecular weight is 697 g/mol. The van der Waals surface area contributed by atoms with E-state index in [0.29, 0.717) is 0 Å². The minimum atomic E-state index is 1.07. The molecule has 10 fully saturated rings. The first-order chi connectivity index (χ1) is 25.3. The summed E-state index contributed by atoms with van der Waals surface area (Å²) >= 11 is 0. The molecule has 0 heteroatoms. The lowest BCUT2D eigenvalue weighted by Gasteiger charge is -2.64. The molecule has 16 unspecified atom stereocenters. The Labute approximate surface area is 317 Å². The molecule has 10 aliphatic rings. The normalized spacial score (nSPS) is 54.4. The monoisotopic (exact) mass is 697 g/mol. The van der Waals surface area contributed by atoms with Gasteiger partial charge in [-0.05, 0) is 215 Å². The van der Waals surface area contributed by atoms with Gasteiger partial charge in [-0.2, -0.15) is 0 Å². The van der Waals surface area contributed by atoms with Crippen molar-refractivity contribution in [2.45, 2.75) is 206 Å². The Morgan fingerprint density at radius 3 is 1.27 bits per heavy atom. The molecule has 0 bridgehead atoms. The molecule has 17 atom stereocenters. The molecule has 0 aromatic rings. The molecule has 51 heavy (non-hydrogen) atoms. The van der Waals surface area contributed by atoms with Gasteiger partial charge in [0.2, 0.25) is 0 Å². The summed E-state index contributed by atoms with van der Waals surface area (Å²) in [6.45, 7) is 2.51. The minimum Gasteiger partial charge on any atom is -0.0654 e. The van der Waals surface area contributed by atoms with Crippen LogP contribution in [0.4, 0.5) is 0 Å². The first-order valence-electron chi connectivity index (χ1n) is 25.3. The molecule has 0 spiro atoms. The zero-order valence-electron chi connectivity index (χ0n) is 33.9. The Hall–Kier alpha value is 0. The van der Waals surface area contributed by atoms with Crippen LogP contribution < -0.4 is 0 Å². The molecule has 0 aliphatic heterocycles. The summed E-state index contributed by atoms with van der Waals surface area (Å²) in [5, 5.41) is 0. The van der Waals surface area contributed by atoms with Gasteiger partial charge in [0.25, 0.3) is 0 Å². The summed E-state index contributed by atoms with van der Waals surface area (Å²) in [7, 11) is 0. The fourth-order valence-corrected chi connectivity index (χ4v) is 19.7. The molecule has 0 aromatic heterocycles. The van der Waals surface area contributed by atoms with Gasteiger partial charge in [-0.3, -0.25) is 0 Å². The molecule has 0 heterocycles. The number of hydrogen-bond donors (Lipinski definition) is 0. The van der Waals surface area contributed by atoms with Crippen LogP contribution in [0.1, 0.15) is 206 Å². The molecule has 0 N–H and O–H groups in total. The van der Waals surface area contributed by atoms with E-state index >= 15 is 0 Å². The number of rotatable bonds is 5. The number of hydrogen-bond acceptors (Lipinski definition) is 0. The van der Waals surface area contributed by atoms with E-state index in [0.717, 1.165) is 112 Å². The Kier molecular flexibility index (Phi) is 10.8. The molecular weight excluding hydrogens is 613 g/mol. The van der Waals surface area contributed by atoms with Crippen LogP contribution >= 0.6 is 0 Å². The SMILES string of the molecule is CCCC1CCC2C(C3CC4CCCCC4C4CCCCC43)C3CCCCC3C(C3CCC(C4CC5CCCCC5C5CCCCC45)CC3)[C@@H]2C1. The fraction of sp³-hybridized carbons (Fsp3) is 1.00. The maximum Gasteiger partial charge on any atom is -0.0321 e. The summed E-state index contributed by atoms with van der Waals surface area (Å²) in [6, 6.07) is 0. The maximum atomic E-state index is 2.51. The lowest BCUT2D eigenvalue weighted by molar-refractivity contribution is -0.150. The second-order valence-corrected chi connectivity index (χ2v) is 22.7. The quantitative estimate of drug-likeness (QED) is 0.268. The van der Waals surface area contributed by atoms with E-state index in [-0.39, 0.29) is 0 Å². The van der Waals surface area contributed by atoms with Crippen LogP contribution in [0.25, 0.3) is 0 Å². The standard InChI is InChI=1S/C51H84/c1-2-13-33-24-29-46-48(30-33)50(35-27-25-34(26-28-35)47-31-36-14-3-5-16-38(36)40-18-7-9-20-42(40)47)44-22-11-12-23-45(44)51(46)49-32-37-15-4-6-17-39(37)41-19-8-10-21-43(41)49/h33-51H,2-32H2,1H3/t33?,34?,35?,36?,37?,38?,39?,40?,41?,42?,43?,44?,45?,46?,47?,48-,49?,50?,51?/m1/s1. The van der Waals surface area contributed by atoms with Crippen molar-refractivity contribution < 1.29 is 0 Å². The molecule has 0 saturated heterocycles. The van der Waals surface area contributed by atoms with Crippen molar-refractivity contribution in [2.24, 2.45) is 112 Å². The van der Waals surface area contributed by atoms with Crippen molar-refractivity contribution in [3.63, 3.8) is 0 Å². The van der Waals surface area contributed by atoms with Gasteiger partial charge >= 0.3 is 0 Å². The largest absolute Gasteiger partial charge is 0.0654 e. The summed E-state index contributed by atoms with van der Waals surface area (Å²) in [5.41, 5.74) is 0. The third-order valence-electron chi connectivity index (χ3n) is 21.1. The van der Waals surface area contributed by atoms with Gasteiger partial charge in [-0.15, -0.1) is 0 Å². The van der Waals surface area contributed by atoms with Crippen LogP contribution in [0.5, 0.6) is 0 Å². The van der Waals surface area contributed by atoms with Gasteiger partial charge < -0.3 is 0 Å². The smallest absolute Gasteiger partial charge is 0.0321 e. The molecule has 0 aromatic carbocycles. The van der Waals surface area contributed by atoms with Crippen LogP contribution in [0.15, 0.2) is 0 Å². The fourth-order valence-electron chi connectivity index (χ4n) is 19.7. The van der Waals surface area contributed by atoms with Gasteiger partial charge in [-0.25, -0.2) is 0 Å². The summed E-state index contributed by atoms with van der Waals surface area (Å²) in [5.74, 6) is 21.4. The Morgan fingerprint density at radius 2 is 0.686 bits per heavy atom. The maximum absolute atomic E-state index is 2.51. The molecule has 0 radical (unpaired) electrons. The molecule has 10 aliphatic carbocycles. The second kappa shape index (κ2) is 15.5. The third-order valence-corrected chi connectivity index (χ3v) is 21.1. The summed E-state index contributed by atoms with van der Waals surface area (Å²) in [6.07, 6.45) is 49.9. The summed E-state index contributed by atoms with van der Waals surface area (Å²) in [4.78, 5) is 0. The third kappa shape index (κ3) is 6.51. The Morgan fingerprint density at radius 1 is 0.275 bits per heavy atom. The van der Waals surface area contributed by atoms with E-state index in [4.69, 9.17) is 0 Å².